The molecule has 0 atom stereocenters. The summed E-state index contributed by atoms with van der Waals surface area (Å²) in [6.07, 6.45) is 1.36. The van der Waals surface area contributed by atoms with E-state index in [0.717, 1.165) is 0 Å². The van der Waals surface area contributed by atoms with Crippen molar-refractivity contribution in [3.05, 3.63) is 33.7 Å². The third-order valence-corrected chi connectivity index (χ3v) is 2.29. The second-order valence-corrected chi connectivity index (χ2v) is 3.73. The summed E-state index contributed by atoms with van der Waals surface area (Å²) in [5.41, 5.74) is 0.359. The number of nitrogens with zero attached hydrogens (tertiary/aromatic N) is 1. The van der Waals surface area contributed by atoms with Crippen LogP contribution in [0.2, 0.25) is 0 Å². The average Bonchev–Trinajstić information content (AvgIpc) is 2.28. The van der Waals surface area contributed by atoms with E-state index in [-0.39, 0.29) is 23.4 Å². The Morgan fingerprint density at radius 2 is 2.12 bits per heavy atom. The van der Waals surface area contributed by atoms with Crippen molar-refractivity contribution >= 4 is 11.8 Å². The molecular weight excluding hydrogens is 222 g/mol. The normalized spacial score (nSPS) is 9.82. The molecule has 2 N–H and O–H groups in total. The quantitative estimate of drug-likeness (QED) is 0.743. The van der Waals surface area contributed by atoms with E-state index in [2.05, 4.69) is 10.3 Å². The number of H-pyrrole nitrogens is 1. The Bertz CT molecular complexity index is 493. The molecule has 1 rings (SSSR count). The lowest BCUT2D eigenvalue weighted by atomic mass is 10.2. The van der Waals surface area contributed by atoms with Crippen molar-refractivity contribution < 1.29 is 9.59 Å². The third-order valence-electron chi connectivity index (χ3n) is 2.29. The predicted octanol–water partition coefficient (Wildman–Crippen LogP) is -0.499. The zero-order chi connectivity index (χ0) is 13.0. The van der Waals surface area contributed by atoms with Gasteiger partial charge in [-0.05, 0) is 6.92 Å². The lowest BCUT2D eigenvalue weighted by Crippen LogP contribution is -2.38. The Hall–Kier alpha value is -2.11. The molecule has 92 valence electrons. The Labute approximate surface area is 98.6 Å². The number of aryl methyl sites for hydroxylation is 1. The van der Waals surface area contributed by atoms with Crippen molar-refractivity contribution in [2.75, 3.05) is 20.6 Å². The van der Waals surface area contributed by atoms with Gasteiger partial charge in [0, 0.05) is 32.1 Å². The fraction of sp³-hybridized carbons (Fsp3) is 0.364. The Kier molecular flexibility index (Phi) is 4.03. The number of carbonyl (C=O) groups excluding carboxylic acids is 2. The van der Waals surface area contributed by atoms with Gasteiger partial charge in [0.05, 0.1) is 6.54 Å². The van der Waals surface area contributed by atoms with Gasteiger partial charge in [-0.15, -0.1) is 0 Å². The van der Waals surface area contributed by atoms with Gasteiger partial charge in [-0.2, -0.15) is 0 Å². The van der Waals surface area contributed by atoms with E-state index >= 15 is 0 Å². The molecule has 0 fully saturated rings. The van der Waals surface area contributed by atoms with Crippen molar-refractivity contribution in [3.8, 4) is 0 Å². The highest BCUT2D eigenvalue weighted by Gasteiger charge is 2.16. The van der Waals surface area contributed by atoms with Gasteiger partial charge in [0.1, 0.15) is 5.56 Å². The molecule has 6 nitrogen and oxygen atoms in total. The standard InChI is InChI=1S/C11H15N3O3/c1-7-4-9(15)8(5-13-7)11(17)14(3)6-10(16)12-2/h4-5H,6H2,1-3H3,(H,12,16)(H,13,15). The van der Waals surface area contributed by atoms with Gasteiger partial charge in [-0.3, -0.25) is 14.4 Å². The number of amides is 2. The largest absolute Gasteiger partial charge is 0.364 e. The maximum atomic E-state index is 11.9. The predicted molar refractivity (Wildman–Crippen MR) is 62.8 cm³/mol. The number of aromatic nitrogens is 1. The van der Waals surface area contributed by atoms with Crippen LogP contribution in [0.1, 0.15) is 16.1 Å². The SMILES string of the molecule is CNC(=O)CN(C)C(=O)c1c[nH]c(C)cc1=O. The number of rotatable bonds is 3. The van der Waals surface area contributed by atoms with Crippen molar-refractivity contribution in [1.82, 2.24) is 15.2 Å². The van der Waals surface area contributed by atoms with E-state index in [0.29, 0.717) is 5.69 Å². The number of pyridine rings is 1. The van der Waals surface area contributed by atoms with Crippen LogP contribution in [0.3, 0.4) is 0 Å². The van der Waals surface area contributed by atoms with Gasteiger partial charge in [0.15, 0.2) is 5.43 Å². The molecule has 0 aliphatic heterocycles. The van der Waals surface area contributed by atoms with Crippen molar-refractivity contribution in [3.63, 3.8) is 0 Å². The number of hydrogen-bond donors (Lipinski definition) is 2. The van der Waals surface area contributed by atoms with Gasteiger partial charge < -0.3 is 15.2 Å². The molecule has 6 heteroatoms. The second-order valence-electron chi connectivity index (χ2n) is 3.73. The highest BCUT2D eigenvalue weighted by Crippen LogP contribution is 1.97. The summed E-state index contributed by atoms with van der Waals surface area (Å²) < 4.78 is 0. The van der Waals surface area contributed by atoms with Crippen molar-refractivity contribution in [2.24, 2.45) is 0 Å². The zero-order valence-corrected chi connectivity index (χ0v) is 10.0. The van der Waals surface area contributed by atoms with Gasteiger partial charge in [0.2, 0.25) is 5.91 Å². The first kappa shape index (κ1) is 13.0. The van der Waals surface area contributed by atoms with Gasteiger partial charge in [-0.1, -0.05) is 0 Å². The monoisotopic (exact) mass is 237 g/mol. The Morgan fingerprint density at radius 1 is 1.47 bits per heavy atom. The molecule has 0 saturated carbocycles. The summed E-state index contributed by atoms with van der Waals surface area (Å²) in [4.78, 5) is 38.5. The molecule has 17 heavy (non-hydrogen) atoms. The number of likely N-dealkylation sites (N-methyl/N-ethyl adjacent to an activating group) is 2. The number of hydrogen-bond acceptors (Lipinski definition) is 3. The van der Waals surface area contributed by atoms with Crippen molar-refractivity contribution in [1.29, 1.82) is 0 Å². The van der Waals surface area contributed by atoms with E-state index in [1.165, 1.54) is 31.3 Å². The average molecular weight is 237 g/mol. The van der Waals surface area contributed by atoms with Gasteiger partial charge in [-0.25, -0.2) is 0 Å². The lowest BCUT2D eigenvalue weighted by Gasteiger charge is -2.15. The molecule has 0 bridgehead atoms. The first-order valence-corrected chi connectivity index (χ1v) is 5.11. The lowest BCUT2D eigenvalue weighted by molar-refractivity contribution is -0.121. The summed E-state index contributed by atoms with van der Waals surface area (Å²) in [6, 6.07) is 1.35. The smallest absolute Gasteiger partial charge is 0.259 e. The fourth-order valence-electron chi connectivity index (χ4n) is 1.31. The second kappa shape index (κ2) is 5.29. The molecule has 1 heterocycles. The van der Waals surface area contributed by atoms with Crippen LogP contribution in [-0.2, 0) is 4.79 Å². The minimum atomic E-state index is -0.477. The third kappa shape index (κ3) is 3.17. The first-order valence-electron chi connectivity index (χ1n) is 5.11. The Morgan fingerprint density at radius 3 is 2.65 bits per heavy atom. The zero-order valence-electron chi connectivity index (χ0n) is 10.0. The summed E-state index contributed by atoms with van der Waals surface area (Å²) in [5.74, 6) is -0.765. The molecule has 1 aromatic heterocycles. The van der Waals surface area contributed by atoms with Crippen LogP contribution in [0.4, 0.5) is 0 Å². The molecule has 0 aliphatic rings. The van der Waals surface area contributed by atoms with Crippen LogP contribution < -0.4 is 10.7 Å². The van der Waals surface area contributed by atoms with Crippen molar-refractivity contribution in [2.45, 2.75) is 6.92 Å². The highest BCUT2D eigenvalue weighted by atomic mass is 16.2. The fourth-order valence-corrected chi connectivity index (χ4v) is 1.31. The molecule has 1 aromatic rings. The number of carbonyl (C=O) groups is 2. The van der Waals surface area contributed by atoms with Gasteiger partial charge in [0.25, 0.3) is 5.91 Å². The molecule has 0 unspecified atom stereocenters. The molecule has 0 radical (unpaired) electrons. The van der Waals surface area contributed by atoms with Crippen LogP contribution >= 0.6 is 0 Å². The summed E-state index contributed by atoms with van der Waals surface area (Å²) in [5, 5.41) is 2.41. The summed E-state index contributed by atoms with van der Waals surface area (Å²) in [6.45, 7) is 1.65. The van der Waals surface area contributed by atoms with E-state index in [1.54, 1.807) is 6.92 Å². The summed E-state index contributed by atoms with van der Waals surface area (Å²) in [7, 11) is 2.95. The Balaban J connectivity index is 2.89. The number of aromatic amines is 1. The van der Waals surface area contributed by atoms with E-state index < -0.39 is 5.91 Å². The van der Waals surface area contributed by atoms with E-state index in [9.17, 15) is 14.4 Å². The van der Waals surface area contributed by atoms with E-state index in [4.69, 9.17) is 0 Å². The summed E-state index contributed by atoms with van der Waals surface area (Å²) >= 11 is 0. The molecule has 0 saturated heterocycles. The number of nitrogens with one attached hydrogen (secondary N) is 2. The molecule has 2 amide bonds. The topological polar surface area (TPSA) is 82.3 Å². The maximum Gasteiger partial charge on any atom is 0.259 e. The minimum absolute atomic E-state index is 0.0296. The van der Waals surface area contributed by atoms with E-state index in [1.807, 2.05) is 0 Å². The molecule has 0 aliphatic carbocycles. The highest BCUT2D eigenvalue weighted by molar-refractivity contribution is 5.95. The van der Waals surface area contributed by atoms with Crippen LogP contribution in [0.15, 0.2) is 17.1 Å². The molecule has 0 aromatic carbocycles. The van der Waals surface area contributed by atoms with Crippen LogP contribution in [0, 0.1) is 6.92 Å². The minimum Gasteiger partial charge on any atom is -0.364 e. The van der Waals surface area contributed by atoms with Crippen LogP contribution in [0.5, 0.6) is 0 Å². The van der Waals surface area contributed by atoms with Gasteiger partial charge >= 0.3 is 0 Å². The molecule has 0 spiro atoms. The maximum absolute atomic E-state index is 11.9. The molecular formula is C11H15N3O3. The van der Waals surface area contributed by atoms with Crippen LogP contribution in [-0.4, -0.2) is 42.3 Å². The first-order chi connectivity index (χ1) is 7.95. The van der Waals surface area contributed by atoms with Crippen LogP contribution in [0.25, 0.3) is 0 Å².